The molecule has 1 atom stereocenters. The highest BCUT2D eigenvalue weighted by Gasteiger charge is 2.31. The molecule has 2 N–H and O–H groups in total. The second-order valence-corrected chi connectivity index (χ2v) is 6.09. The first kappa shape index (κ1) is 13.8. The smallest absolute Gasteiger partial charge is 0.222 e. The summed E-state index contributed by atoms with van der Waals surface area (Å²) in [5.41, 5.74) is -0.731. The topological polar surface area (TPSA) is 49.3 Å². The van der Waals surface area contributed by atoms with E-state index in [0.29, 0.717) is 11.8 Å². The molecule has 0 radical (unpaired) electrons. The van der Waals surface area contributed by atoms with Crippen LogP contribution in [0.4, 0.5) is 0 Å². The van der Waals surface area contributed by atoms with E-state index in [2.05, 4.69) is 12.2 Å². The highest BCUT2D eigenvalue weighted by atomic mass is 32.2. The zero-order valence-corrected chi connectivity index (χ0v) is 11.1. The molecule has 1 rings (SSSR count). The summed E-state index contributed by atoms with van der Waals surface area (Å²) in [6, 6.07) is 0. The maximum absolute atomic E-state index is 11.7. The van der Waals surface area contributed by atoms with Crippen LogP contribution in [0.15, 0.2) is 0 Å². The van der Waals surface area contributed by atoms with E-state index in [1.807, 2.05) is 6.26 Å². The number of thioether (sulfide) groups is 1. The molecular weight excluding hydrogens is 222 g/mol. The Kier molecular flexibility index (Phi) is 5.62. The number of carbonyl (C=O) groups is 1. The Labute approximate surface area is 102 Å². The van der Waals surface area contributed by atoms with Gasteiger partial charge in [-0.2, -0.15) is 11.8 Å². The van der Waals surface area contributed by atoms with Gasteiger partial charge in [-0.05, 0) is 19.1 Å². The minimum atomic E-state index is -0.731. The molecule has 0 heterocycles. The number of carbonyl (C=O) groups excluding carboxylic acids is 1. The molecule has 1 amide bonds. The number of nitrogens with one attached hydrogen (secondary N) is 1. The molecule has 1 aliphatic rings. The van der Waals surface area contributed by atoms with Crippen LogP contribution in [0.3, 0.4) is 0 Å². The predicted molar refractivity (Wildman–Crippen MR) is 68.6 cm³/mol. The molecule has 0 aromatic carbocycles. The predicted octanol–water partition coefficient (Wildman–Crippen LogP) is 1.94. The van der Waals surface area contributed by atoms with E-state index in [4.69, 9.17) is 0 Å². The van der Waals surface area contributed by atoms with Gasteiger partial charge in [0, 0.05) is 11.8 Å². The molecule has 1 saturated carbocycles. The SMILES string of the molecule is CS[C@H](C)CNC(=O)CC1(O)CCCCC1. The minimum Gasteiger partial charge on any atom is -0.389 e. The highest BCUT2D eigenvalue weighted by Crippen LogP contribution is 2.30. The van der Waals surface area contributed by atoms with Gasteiger partial charge in [-0.3, -0.25) is 4.79 Å². The van der Waals surface area contributed by atoms with Gasteiger partial charge < -0.3 is 10.4 Å². The van der Waals surface area contributed by atoms with Gasteiger partial charge in [0.15, 0.2) is 0 Å². The lowest BCUT2D eigenvalue weighted by molar-refractivity contribution is -0.127. The fourth-order valence-corrected chi connectivity index (χ4v) is 2.34. The van der Waals surface area contributed by atoms with Gasteiger partial charge >= 0.3 is 0 Å². The summed E-state index contributed by atoms with van der Waals surface area (Å²) in [6.45, 7) is 2.77. The van der Waals surface area contributed by atoms with Gasteiger partial charge in [0.25, 0.3) is 0 Å². The molecule has 0 aromatic heterocycles. The van der Waals surface area contributed by atoms with Gasteiger partial charge in [0.05, 0.1) is 12.0 Å². The average Bonchev–Trinajstić information content (AvgIpc) is 2.26. The Balaban J connectivity index is 2.27. The first-order valence-electron chi connectivity index (χ1n) is 6.08. The number of aliphatic hydroxyl groups is 1. The average molecular weight is 245 g/mol. The number of amides is 1. The van der Waals surface area contributed by atoms with E-state index in [-0.39, 0.29) is 12.3 Å². The van der Waals surface area contributed by atoms with Crippen LogP contribution in [-0.4, -0.2) is 34.7 Å². The van der Waals surface area contributed by atoms with Crippen molar-refractivity contribution < 1.29 is 9.90 Å². The summed E-state index contributed by atoms with van der Waals surface area (Å²) in [5.74, 6) is -0.00898. The second kappa shape index (κ2) is 6.50. The van der Waals surface area contributed by atoms with Crippen molar-refractivity contribution in [1.82, 2.24) is 5.32 Å². The lowest BCUT2D eigenvalue weighted by Crippen LogP contribution is -2.39. The monoisotopic (exact) mass is 245 g/mol. The number of hydrogen-bond donors (Lipinski definition) is 2. The van der Waals surface area contributed by atoms with Gasteiger partial charge in [-0.25, -0.2) is 0 Å². The molecule has 1 fully saturated rings. The normalized spacial score (nSPS) is 21.4. The molecule has 3 nitrogen and oxygen atoms in total. The lowest BCUT2D eigenvalue weighted by atomic mass is 9.82. The third kappa shape index (κ3) is 4.74. The Hall–Kier alpha value is -0.220. The molecule has 0 aliphatic heterocycles. The van der Waals surface area contributed by atoms with E-state index in [1.165, 1.54) is 6.42 Å². The Bertz CT molecular complexity index is 227. The molecule has 4 heteroatoms. The van der Waals surface area contributed by atoms with Gasteiger partial charge in [-0.15, -0.1) is 0 Å². The van der Waals surface area contributed by atoms with E-state index >= 15 is 0 Å². The maximum atomic E-state index is 11.7. The molecule has 1 aliphatic carbocycles. The molecule has 0 unspecified atom stereocenters. The molecule has 0 spiro atoms. The Morgan fingerprint density at radius 1 is 1.44 bits per heavy atom. The summed E-state index contributed by atoms with van der Waals surface area (Å²) in [7, 11) is 0. The quantitative estimate of drug-likeness (QED) is 0.778. The van der Waals surface area contributed by atoms with Crippen molar-refractivity contribution in [2.24, 2.45) is 0 Å². The van der Waals surface area contributed by atoms with E-state index in [0.717, 1.165) is 25.7 Å². The summed E-state index contributed by atoms with van der Waals surface area (Å²) in [5, 5.41) is 13.5. The fourth-order valence-electron chi connectivity index (χ4n) is 2.09. The number of hydrogen-bond acceptors (Lipinski definition) is 3. The van der Waals surface area contributed by atoms with E-state index < -0.39 is 5.60 Å². The van der Waals surface area contributed by atoms with Crippen LogP contribution in [0.1, 0.15) is 45.4 Å². The van der Waals surface area contributed by atoms with Crippen molar-refractivity contribution in [2.45, 2.75) is 56.3 Å². The summed E-state index contributed by atoms with van der Waals surface area (Å²) in [6.07, 6.45) is 7.14. The van der Waals surface area contributed by atoms with Crippen LogP contribution >= 0.6 is 11.8 Å². The van der Waals surface area contributed by atoms with Crippen LogP contribution in [0.5, 0.6) is 0 Å². The third-order valence-corrected chi connectivity index (χ3v) is 4.23. The summed E-state index contributed by atoms with van der Waals surface area (Å²) in [4.78, 5) is 11.7. The van der Waals surface area contributed by atoms with E-state index in [1.54, 1.807) is 11.8 Å². The van der Waals surface area contributed by atoms with Crippen LogP contribution in [0.2, 0.25) is 0 Å². The second-order valence-electron chi connectivity index (χ2n) is 4.81. The standard InChI is InChI=1S/C12H23NO2S/c1-10(16-2)9-13-11(14)8-12(15)6-4-3-5-7-12/h10,15H,3-9H2,1-2H3,(H,13,14)/t10-/m1/s1. The van der Waals surface area contributed by atoms with Gasteiger partial charge in [0.1, 0.15) is 0 Å². The van der Waals surface area contributed by atoms with Crippen molar-refractivity contribution in [3.05, 3.63) is 0 Å². The van der Waals surface area contributed by atoms with Crippen LogP contribution < -0.4 is 5.32 Å². The van der Waals surface area contributed by atoms with Gasteiger partial charge in [0.2, 0.25) is 5.91 Å². The van der Waals surface area contributed by atoms with Crippen LogP contribution in [0.25, 0.3) is 0 Å². The summed E-state index contributed by atoms with van der Waals surface area (Å²) >= 11 is 1.73. The molecule has 0 bridgehead atoms. The van der Waals surface area contributed by atoms with Crippen LogP contribution in [-0.2, 0) is 4.79 Å². The van der Waals surface area contributed by atoms with Gasteiger partial charge in [-0.1, -0.05) is 26.2 Å². The molecule has 94 valence electrons. The molecule has 0 saturated heterocycles. The first-order valence-corrected chi connectivity index (χ1v) is 7.36. The molecule has 16 heavy (non-hydrogen) atoms. The minimum absolute atomic E-state index is 0.00898. The molecular formula is C12H23NO2S. The third-order valence-electron chi connectivity index (χ3n) is 3.26. The van der Waals surface area contributed by atoms with Crippen LogP contribution in [0, 0.1) is 0 Å². The Morgan fingerprint density at radius 3 is 2.62 bits per heavy atom. The lowest BCUT2D eigenvalue weighted by Gasteiger charge is -2.31. The van der Waals surface area contributed by atoms with Crippen molar-refractivity contribution in [1.29, 1.82) is 0 Å². The Morgan fingerprint density at radius 2 is 2.06 bits per heavy atom. The highest BCUT2D eigenvalue weighted by molar-refractivity contribution is 7.99. The molecule has 0 aromatic rings. The maximum Gasteiger partial charge on any atom is 0.222 e. The van der Waals surface area contributed by atoms with Crippen molar-refractivity contribution in [3.8, 4) is 0 Å². The largest absolute Gasteiger partial charge is 0.389 e. The zero-order chi connectivity index (χ0) is 12.0. The van der Waals surface area contributed by atoms with E-state index in [9.17, 15) is 9.90 Å². The first-order chi connectivity index (χ1) is 7.56. The fraction of sp³-hybridized carbons (Fsp3) is 0.917. The van der Waals surface area contributed by atoms with Crippen molar-refractivity contribution in [3.63, 3.8) is 0 Å². The van der Waals surface area contributed by atoms with Crippen molar-refractivity contribution in [2.75, 3.05) is 12.8 Å². The summed E-state index contributed by atoms with van der Waals surface area (Å²) < 4.78 is 0. The number of rotatable bonds is 5. The van der Waals surface area contributed by atoms with Crippen molar-refractivity contribution >= 4 is 17.7 Å². The zero-order valence-electron chi connectivity index (χ0n) is 10.3.